The Morgan fingerprint density at radius 2 is 1.89 bits per heavy atom. The van der Waals surface area contributed by atoms with Crippen LogP contribution in [0.25, 0.3) is 0 Å². The van der Waals surface area contributed by atoms with Crippen molar-refractivity contribution in [2.75, 3.05) is 5.73 Å². The van der Waals surface area contributed by atoms with Crippen molar-refractivity contribution in [3.8, 4) is 17.6 Å². The van der Waals surface area contributed by atoms with Gasteiger partial charge in [0.1, 0.15) is 11.8 Å². The zero-order chi connectivity index (χ0) is 13.1. The summed E-state index contributed by atoms with van der Waals surface area (Å²) in [6.45, 7) is 4.07. The number of aryl methyl sites for hydroxylation is 2. The predicted molar refractivity (Wildman–Crippen MR) is 71.6 cm³/mol. The van der Waals surface area contributed by atoms with Crippen molar-refractivity contribution in [2.24, 2.45) is 0 Å². The molecule has 3 heteroatoms. The van der Waals surface area contributed by atoms with Gasteiger partial charge in [-0.25, -0.2) is 0 Å². The molecule has 0 saturated carbocycles. The molecule has 2 rings (SSSR count). The van der Waals surface area contributed by atoms with Gasteiger partial charge in [-0.3, -0.25) is 0 Å². The van der Waals surface area contributed by atoms with Crippen molar-refractivity contribution < 1.29 is 4.74 Å². The molecule has 0 atom stereocenters. The molecule has 0 aliphatic rings. The maximum Gasteiger partial charge on any atom is 0.151 e. The Morgan fingerprint density at radius 1 is 1.11 bits per heavy atom. The Labute approximate surface area is 106 Å². The summed E-state index contributed by atoms with van der Waals surface area (Å²) in [5, 5.41) is 8.90. The third kappa shape index (κ3) is 2.28. The van der Waals surface area contributed by atoms with E-state index in [-0.39, 0.29) is 0 Å². The molecule has 90 valence electrons. The average Bonchev–Trinajstić information content (AvgIpc) is 2.36. The lowest BCUT2D eigenvalue weighted by Gasteiger charge is -2.10. The van der Waals surface area contributed by atoms with Crippen LogP contribution >= 0.6 is 0 Å². The van der Waals surface area contributed by atoms with Crippen LogP contribution < -0.4 is 10.5 Å². The van der Waals surface area contributed by atoms with Gasteiger partial charge in [-0.05, 0) is 49.2 Å². The molecule has 18 heavy (non-hydrogen) atoms. The van der Waals surface area contributed by atoms with E-state index in [2.05, 4.69) is 0 Å². The van der Waals surface area contributed by atoms with Crippen LogP contribution in [0, 0.1) is 25.2 Å². The number of hydrogen-bond acceptors (Lipinski definition) is 3. The predicted octanol–water partition coefficient (Wildman–Crippen LogP) is 3.55. The van der Waals surface area contributed by atoms with E-state index in [1.54, 1.807) is 18.2 Å². The highest BCUT2D eigenvalue weighted by atomic mass is 16.5. The fourth-order valence-corrected chi connectivity index (χ4v) is 1.63. The van der Waals surface area contributed by atoms with E-state index in [1.807, 2.05) is 38.1 Å². The Kier molecular flexibility index (Phi) is 3.20. The molecule has 0 spiro atoms. The lowest BCUT2D eigenvalue weighted by atomic mass is 10.1. The topological polar surface area (TPSA) is 59.0 Å². The number of benzene rings is 2. The molecule has 0 saturated heterocycles. The van der Waals surface area contributed by atoms with E-state index < -0.39 is 0 Å². The van der Waals surface area contributed by atoms with Crippen molar-refractivity contribution in [1.82, 2.24) is 0 Å². The van der Waals surface area contributed by atoms with Crippen molar-refractivity contribution in [1.29, 1.82) is 5.26 Å². The molecule has 0 unspecified atom stereocenters. The first-order valence-electron chi connectivity index (χ1n) is 5.65. The highest BCUT2D eigenvalue weighted by molar-refractivity contribution is 5.63. The van der Waals surface area contributed by atoms with Crippen molar-refractivity contribution in [3.05, 3.63) is 53.1 Å². The lowest BCUT2D eigenvalue weighted by molar-refractivity contribution is 0.484. The van der Waals surface area contributed by atoms with Crippen LogP contribution in [-0.2, 0) is 0 Å². The number of nitriles is 1. The molecular weight excluding hydrogens is 224 g/mol. The highest BCUT2D eigenvalue weighted by Gasteiger charge is 2.07. The van der Waals surface area contributed by atoms with Gasteiger partial charge in [0.25, 0.3) is 0 Å². The normalized spacial score (nSPS) is 9.83. The van der Waals surface area contributed by atoms with Gasteiger partial charge in [0.2, 0.25) is 0 Å². The molecule has 2 N–H and O–H groups in total. The molecule has 0 radical (unpaired) electrons. The zero-order valence-corrected chi connectivity index (χ0v) is 10.4. The third-order valence-corrected chi connectivity index (χ3v) is 2.89. The molecule has 3 nitrogen and oxygen atoms in total. The molecule has 0 amide bonds. The number of nitrogens with two attached hydrogens (primary N) is 1. The lowest BCUT2D eigenvalue weighted by Crippen LogP contribution is -1.95. The molecule has 0 heterocycles. The highest BCUT2D eigenvalue weighted by Crippen LogP contribution is 2.30. The van der Waals surface area contributed by atoms with Crippen LogP contribution in [-0.4, -0.2) is 0 Å². The summed E-state index contributed by atoms with van der Waals surface area (Å²) in [6, 6.07) is 13.1. The second-order valence-electron chi connectivity index (χ2n) is 4.18. The van der Waals surface area contributed by atoms with E-state index in [0.29, 0.717) is 17.0 Å². The molecule has 0 aliphatic heterocycles. The van der Waals surface area contributed by atoms with Crippen LogP contribution in [0.5, 0.6) is 11.5 Å². The Morgan fingerprint density at radius 3 is 2.56 bits per heavy atom. The van der Waals surface area contributed by atoms with Crippen molar-refractivity contribution in [3.63, 3.8) is 0 Å². The minimum Gasteiger partial charge on any atom is -0.455 e. The zero-order valence-electron chi connectivity index (χ0n) is 10.4. The Balaban J connectivity index is 2.35. The summed E-state index contributed by atoms with van der Waals surface area (Å²) in [7, 11) is 0. The molecule has 0 aliphatic carbocycles. The maximum absolute atomic E-state index is 8.90. The number of anilines is 1. The van der Waals surface area contributed by atoms with E-state index >= 15 is 0 Å². The molecule has 0 fully saturated rings. The molecule has 0 aromatic heterocycles. The summed E-state index contributed by atoms with van der Waals surface area (Å²) in [4.78, 5) is 0. The van der Waals surface area contributed by atoms with Crippen LogP contribution in [0.4, 0.5) is 5.69 Å². The maximum atomic E-state index is 8.90. The van der Waals surface area contributed by atoms with Gasteiger partial charge in [0.05, 0.1) is 11.3 Å². The van der Waals surface area contributed by atoms with Crippen molar-refractivity contribution in [2.45, 2.75) is 13.8 Å². The standard InChI is InChI=1S/C15H14N2O/c1-10-6-7-13(8-11(10)2)18-14-5-3-4-12(9-16)15(14)17/h3-8H,17H2,1-2H3. The largest absolute Gasteiger partial charge is 0.455 e. The number of rotatable bonds is 2. The van der Waals surface area contributed by atoms with Crippen LogP contribution in [0.1, 0.15) is 16.7 Å². The van der Waals surface area contributed by atoms with Gasteiger partial charge in [-0.1, -0.05) is 12.1 Å². The molecule has 2 aromatic rings. The van der Waals surface area contributed by atoms with Crippen LogP contribution in [0.2, 0.25) is 0 Å². The summed E-state index contributed by atoms with van der Waals surface area (Å²) in [5.74, 6) is 1.23. The number of nitrogen functional groups attached to an aromatic ring is 1. The second kappa shape index (κ2) is 4.80. The average molecular weight is 238 g/mol. The summed E-state index contributed by atoms with van der Waals surface area (Å²) < 4.78 is 5.71. The van der Waals surface area contributed by atoms with Gasteiger partial charge >= 0.3 is 0 Å². The van der Waals surface area contributed by atoms with E-state index in [0.717, 1.165) is 11.3 Å². The second-order valence-corrected chi connectivity index (χ2v) is 4.18. The molecule has 0 bridgehead atoms. The minimum absolute atomic E-state index is 0.373. The van der Waals surface area contributed by atoms with Gasteiger partial charge in [0, 0.05) is 0 Å². The summed E-state index contributed by atoms with van der Waals surface area (Å²) in [5.41, 5.74) is 9.03. The van der Waals surface area contributed by atoms with Crippen LogP contribution in [0.15, 0.2) is 36.4 Å². The van der Waals surface area contributed by atoms with Gasteiger partial charge in [-0.2, -0.15) is 5.26 Å². The Hall–Kier alpha value is -2.47. The first-order valence-corrected chi connectivity index (χ1v) is 5.65. The first-order chi connectivity index (χ1) is 8.61. The van der Waals surface area contributed by atoms with E-state index in [4.69, 9.17) is 15.7 Å². The van der Waals surface area contributed by atoms with Gasteiger partial charge < -0.3 is 10.5 Å². The van der Waals surface area contributed by atoms with Gasteiger partial charge in [0.15, 0.2) is 5.75 Å². The smallest absolute Gasteiger partial charge is 0.151 e. The fourth-order valence-electron chi connectivity index (χ4n) is 1.63. The summed E-state index contributed by atoms with van der Waals surface area (Å²) in [6.07, 6.45) is 0. The van der Waals surface area contributed by atoms with E-state index in [9.17, 15) is 0 Å². The first kappa shape index (κ1) is 12.0. The Bertz CT molecular complexity index is 627. The molecule has 2 aromatic carbocycles. The fraction of sp³-hybridized carbons (Fsp3) is 0.133. The van der Waals surface area contributed by atoms with E-state index in [1.165, 1.54) is 5.56 Å². The number of ether oxygens (including phenoxy) is 1. The van der Waals surface area contributed by atoms with Gasteiger partial charge in [-0.15, -0.1) is 0 Å². The number of hydrogen-bond donors (Lipinski definition) is 1. The third-order valence-electron chi connectivity index (χ3n) is 2.89. The minimum atomic E-state index is 0.373. The quantitative estimate of drug-likeness (QED) is 0.814. The summed E-state index contributed by atoms with van der Waals surface area (Å²) >= 11 is 0. The van der Waals surface area contributed by atoms with Crippen LogP contribution in [0.3, 0.4) is 0 Å². The number of para-hydroxylation sites is 1. The monoisotopic (exact) mass is 238 g/mol. The van der Waals surface area contributed by atoms with Crippen molar-refractivity contribution >= 4 is 5.69 Å². The molecular formula is C15H14N2O. The number of nitrogens with zero attached hydrogens (tertiary/aromatic N) is 1. The SMILES string of the molecule is Cc1ccc(Oc2cccc(C#N)c2N)cc1C.